The molecule has 2 aromatic carbocycles. The first kappa shape index (κ1) is 25.6. The van der Waals surface area contributed by atoms with Gasteiger partial charge in [-0.1, -0.05) is 13.3 Å². The van der Waals surface area contributed by atoms with Crippen molar-refractivity contribution in [3.63, 3.8) is 0 Å². The molecule has 0 radical (unpaired) electrons. The molecule has 1 saturated heterocycles. The van der Waals surface area contributed by atoms with Crippen LogP contribution in [0.5, 0.6) is 0 Å². The van der Waals surface area contributed by atoms with Gasteiger partial charge in [0.2, 0.25) is 0 Å². The van der Waals surface area contributed by atoms with Crippen molar-refractivity contribution in [2.75, 3.05) is 49.7 Å². The standard InChI is InChI=1S/C24H27N3O8/c1-2-3-12-34-23(29)17-4-7-19(8-5-17)25-22(28)16-35-24(30)18-6-9-20(21(15-18)27(31)32)26-10-13-33-14-11-26/h4-9,15H,2-3,10-14,16H2,1H3,(H,25,28). The van der Waals surface area contributed by atoms with Crippen LogP contribution in [0.1, 0.15) is 40.5 Å². The van der Waals surface area contributed by atoms with Crippen LogP contribution in [0.25, 0.3) is 0 Å². The number of hydrogen-bond donors (Lipinski definition) is 1. The van der Waals surface area contributed by atoms with Crippen molar-refractivity contribution in [2.45, 2.75) is 19.8 Å². The number of unbranched alkanes of at least 4 members (excludes halogenated alkanes) is 1. The highest BCUT2D eigenvalue weighted by Crippen LogP contribution is 2.30. The van der Waals surface area contributed by atoms with E-state index in [1.165, 1.54) is 36.4 Å². The van der Waals surface area contributed by atoms with E-state index < -0.39 is 29.4 Å². The molecule has 35 heavy (non-hydrogen) atoms. The number of nitro benzene ring substituents is 1. The van der Waals surface area contributed by atoms with Gasteiger partial charge in [-0.25, -0.2) is 9.59 Å². The van der Waals surface area contributed by atoms with Gasteiger partial charge in [0, 0.05) is 24.8 Å². The lowest BCUT2D eigenvalue weighted by Crippen LogP contribution is -2.36. The molecule has 11 heteroatoms. The molecule has 1 aliphatic heterocycles. The van der Waals surface area contributed by atoms with E-state index in [0.717, 1.165) is 18.9 Å². The summed E-state index contributed by atoms with van der Waals surface area (Å²) in [5.74, 6) is -1.91. The van der Waals surface area contributed by atoms with Gasteiger partial charge in [-0.2, -0.15) is 0 Å². The molecule has 186 valence electrons. The van der Waals surface area contributed by atoms with Crippen LogP contribution >= 0.6 is 0 Å². The number of morpholine rings is 1. The van der Waals surface area contributed by atoms with Gasteiger partial charge in [-0.05, 0) is 42.8 Å². The van der Waals surface area contributed by atoms with Crippen molar-refractivity contribution in [3.8, 4) is 0 Å². The fourth-order valence-corrected chi connectivity index (χ4v) is 3.36. The molecule has 1 fully saturated rings. The van der Waals surface area contributed by atoms with E-state index in [-0.39, 0.29) is 11.3 Å². The molecule has 0 atom stereocenters. The quantitative estimate of drug-likeness (QED) is 0.233. The number of esters is 2. The third-order valence-corrected chi connectivity index (χ3v) is 5.23. The molecule has 2 aromatic rings. The number of nitro groups is 1. The van der Waals surface area contributed by atoms with Crippen molar-refractivity contribution < 1.29 is 33.5 Å². The summed E-state index contributed by atoms with van der Waals surface area (Å²) in [5.41, 5.74) is 0.895. The fourth-order valence-electron chi connectivity index (χ4n) is 3.36. The zero-order valence-electron chi connectivity index (χ0n) is 19.4. The third-order valence-electron chi connectivity index (χ3n) is 5.23. The monoisotopic (exact) mass is 485 g/mol. The highest BCUT2D eigenvalue weighted by Gasteiger charge is 2.24. The van der Waals surface area contributed by atoms with Gasteiger partial charge in [0.05, 0.1) is 35.9 Å². The Morgan fingerprint density at radius 1 is 1.03 bits per heavy atom. The van der Waals surface area contributed by atoms with Crippen molar-refractivity contribution in [1.29, 1.82) is 0 Å². The molecular weight excluding hydrogens is 458 g/mol. The van der Waals surface area contributed by atoms with Crippen LogP contribution in [-0.2, 0) is 19.0 Å². The lowest BCUT2D eigenvalue weighted by molar-refractivity contribution is -0.384. The summed E-state index contributed by atoms with van der Waals surface area (Å²) in [5, 5.41) is 14.1. The highest BCUT2D eigenvalue weighted by atomic mass is 16.6. The van der Waals surface area contributed by atoms with E-state index in [9.17, 15) is 24.5 Å². The second kappa shape index (κ2) is 12.5. The fraction of sp³-hybridized carbons (Fsp3) is 0.375. The summed E-state index contributed by atoms with van der Waals surface area (Å²) in [7, 11) is 0. The minimum absolute atomic E-state index is 0.0348. The number of amides is 1. The van der Waals surface area contributed by atoms with Crippen molar-refractivity contribution in [1.82, 2.24) is 0 Å². The van der Waals surface area contributed by atoms with Crippen molar-refractivity contribution in [3.05, 3.63) is 63.7 Å². The summed E-state index contributed by atoms with van der Waals surface area (Å²) in [4.78, 5) is 49.3. The molecule has 0 aliphatic carbocycles. The van der Waals surface area contributed by atoms with E-state index >= 15 is 0 Å². The molecular formula is C24H27N3O8. The maximum absolute atomic E-state index is 12.4. The van der Waals surface area contributed by atoms with Gasteiger partial charge >= 0.3 is 11.9 Å². The molecule has 1 N–H and O–H groups in total. The number of benzene rings is 2. The maximum atomic E-state index is 12.4. The minimum Gasteiger partial charge on any atom is -0.462 e. The minimum atomic E-state index is -0.859. The van der Waals surface area contributed by atoms with Gasteiger partial charge in [-0.3, -0.25) is 14.9 Å². The normalized spacial score (nSPS) is 13.1. The first-order chi connectivity index (χ1) is 16.9. The van der Waals surface area contributed by atoms with Gasteiger partial charge < -0.3 is 24.4 Å². The molecule has 3 rings (SSSR count). The summed E-state index contributed by atoms with van der Waals surface area (Å²) in [6.07, 6.45) is 1.70. The Labute approximate surface area is 202 Å². The van der Waals surface area contributed by atoms with E-state index in [2.05, 4.69) is 5.32 Å². The largest absolute Gasteiger partial charge is 0.462 e. The Balaban J connectivity index is 1.54. The lowest BCUT2D eigenvalue weighted by atomic mass is 10.1. The molecule has 0 spiro atoms. The lowest BCUT2D eigenvalue weighted by Gasteiger charge is -2.28. The van der Waals surface area contributed by atoms with Gasteiger partial charge in [0.15, 0.2) is 6.61 Å². The Morgan fingerprint density at radius 2 is 1.69 bits per heavy atom. The summed E-state index contributed by atoms with van der Waals surface area (Å²) >= 11 is 0. The Kier molecular flexibility index (Phi) is 9.13. The molecule has 1 heterocycles. The van der Waals surface area contributed by atoms with Crippen LogP contribution in [0, 0.1) is 10.1 Å². The third kappa shape index (κ3) is 7.24. The molecule has 0 bridgehead atoms. The topological polar surface area (TPSA) is 137 Å². The van der Waals surface area contributed by atoms with Crippen molar-refractivity contribution in [2.24, 2.45) is 0 Å². The van der Waals surface area contributed by atoms with Crippen LogP contribution in [0.3, 0.4) is 0 Å². The number of carbonyl (C=O) groups excluding carboxylic acids is 3. The number of nitrogens with zero attached hydrogens (tertiary/aromatic N) is 2. The van der Waals surface area contributed by atoms with Crippen molar-refractivity contribution >= 4 is 34.9 Å². The first-order valence-corrected chi connectivity index (χ1v) is 11.2. The number of ether oxygens (including phenoxy) is 3. The summed E-state index contributed by atoms with van der Waals surface area (Å²) in [6, 6.07) is 10.2. The SMILES string of the molecule is CCCCOC(=O)c1ccc(NC(=O)COC(=O)c2ccc(N3CCOCC3)c([N+](=O)[O-])c2)cc1. The maximum Gasteiger partial charge on any atom is 0.338 e. The Hall–Kier alpha value is -3.99. The van der Waals surface area contributed by atoms with Crippen LogP contribution in [-0.4, -0.2) is 62.3 Å². The first-order valence-electron chi connectivity index (χ1n) is 11.2. The zero-order valence-corrected chi connectivity index (χ0v) is 19.4. The van der Waals surface area contributed by atoms with Crippen LogP contribution < -0.4 is 10.2 Å². The van der Waals surface area contributed by atoms with Crippen LogP contribution in [0.15, 0.2) is 42.5 Å². The number of carbonyl (C=O) groups is 3. The Bertz CT molecular complexity index is 1060. The van der Waals surface area contributed by atoms with Gasteiger partial charge in [0.25, 0.3) is 11.6 Å². The number of anilines is 2. The number of nitrogens with one attached hydrogen (secondary N) is 1. The summed E-state index contributed by atoms with van der Waals surface area (Å²) < 4.78 is 15.4. The average molecular weight is 485 g/mol. The number of rotatable bonds is 10. The van der Waals surface area contributed by atoms with E-state index in [1.54, 1.807) is 0 Å². The van der Waals surface area contributed by atoms with Gasteiger partial charge in [-0.15, -0.1) is 0 Å². The van der Waals surface area contributed by atoms with E-state index in [1.807, 2.05) is 11.8 Å². The molecule has 1 aliphatic rings. The smallest absolute Gasteiger partial charge is 0.338 e. The van der Waals surface area contributed by atoms with Gasteiger partial charge in [0.1, 0.15) is 5.69 Å². The van der Waals surface area contributed by atoms with E-state index in [0.29, 0.717) is 49.8 Å². The predicted octanol–water partition coefficient (Wildman–Crippen LogP) is 3.18. The molecule has 0 saturated carbocycles. The van der Waals surface area contributed by atoms with Crippen LogP contribution in [0.2, 0.25) is 0 Å². The summed E-state index contributed by atoms with van der Waals surface area (Å²) in [6.45, 7) is 3.69. The van der Waals surface area contributed by atoms with Crippen LogP contribution in [0.4, 0.5) is 17.1 Å². The highest BCUT2D eigenvalue weighted by molar-refractivity contribution is 5.96. The Morgan fingerprint density at radius 3 is 2.34 bits per heavy atom. The molecule has 11 nitrogen and oxygen atoms in total. The zero-order chi connectivity index (χ0) is 25.2. The van der Waals surface area contributed by atoms with E-state index in [4.69, 9.17) is 14.2 Å². The molecule has 0 unspecified atom stereocenters. The molecule has 0 aromatic heterocycles. The second-order valence-electron chi connectivity index (χ2n) is 7.75. The second-order valence-corrected chi connectivity index (χ2v) is 7.75. The predicted molar refractivity (Wildman–Crippen MR) is 127 cm³/mol. The molecule has 1 amide bonds. The number of hydrogen-bond acceptors (Lipinski definition) is 9. The average Bonchev–Trinajstić information content (AvgIpc) is 2.88.